The number of benzene rings is 1. The standard InChI is InChI=1S/C17H24N4O2S/c22-24(23,17-8-2-1-3-9-17)19-11-14-20-12-5-4-7-16(20)15-21-13-6-10-18-21/h1-3,6,8-10,13,16,19H,4-5,7,11-12,14-15H2/t16-/m1/s1. The van der Waals surface area contributed by atoms with Gasteiger partial charge in [-0.3, -0.25) is 9.58 Å². The first-order chi connectivity index (χ1) is 11.6. The van der Waals surface area contributed by atoms with Crippen molar-refractivity contribution >= 4 is 10.0 Å². The molecule has 2 aromatic rings. The number of piperidine rings is 1. The minimum absolute atomic E-state index is 0.316. The Morgan fingerprint density at radius 1 is 1.17 bits per heavy atom. The van der Waals surface area contributed by atoms with E-state index in [1.165, 1.54) is 12.8 Å². The number of hydrogen-bond donors (Lipinski definition) is 1. The lowest BCUT2D eigenvalue weighted by atomic mass is 10.0. The Hall–Kier alpha value is -1.70. The van der Waals surface area contributed by atoms with E-state index in [2.05, 4.69) is 14.7 Å². The van der Waals surface area contributed by atoms with Crippen LogP contribution in [0.3, 0.4) is 0 Å². The van der Waals surface area contributed by atoms with E-state index in [0.29, 0.717) is 17.5 Å². The molecule has 0 bridgehead atoms. The number of likely N-dealkylation sites (tertiary alicyclic amines) is 1. The maximum atomic E-state index is 12.3. The molecule has 1 fully saturated rings. The van der Waals surface area contributed by atoms with Crippen LogP contribution in [0.25, 0.3) is 0 Å². The molecule has 24 heavy (non-hydrogen) atoms. The summed E-state index contributed by atoms with van der Waals surface area (Å²) in [6.07, 6.45) is 7.29. The Morgan fingerprint density at radius 2 is 2.00 bits per heavy atom. The third kappa shape index (κ3) is 4.43. The van der Waals surface area contributed by atoms with Crippen LogP contribution in [0.15, 0.2) is 53.7 Å². The summed E-state index contributed by atoms with van der Waals surface area (Å²) in [5.74, 6) is 0. The molecule has 0 radical (unpaired) electrons. The molecule has 1 aromatic heterocycles. The molecule has 1 saturated heterocycles. The first-order valence-corrected chi connectivity index (χ1v) is 9.90. The zero-order chi connectivity index (χ0) is 16.8. The molecule has 2 heterocycles. The fourth-order valence-corrected chi connectivity index (χ4v) is 4.23. The van der Waals surface area contributed by atoms with E-state index in [1.807, 2.05) is 23.0 Å². The summed E-state index contributed by atoms with van der Waals surface area (Å²) >= 11 is 0. The smallest absolute Gasteiger partial charge is 0.240 e. The number of hydrogen-bond acceptors (Lipinski definition) is 4. The maximum absolute atomic E-state index is 12.3. The molecular formula is C17H24N4O2S. The van der Waals surface area contributed by atoms with Crippen molar-refractivity contribution in [3.8, 4) is 0 Å². The summed E-state index contributed by atoms with van der Waals surface area (Å²) in [5, 5.41) is 4.28. The second-order valence-corrected chi connectivity index (χ2v) is 7.89. The molecule has 1 aromatic carbocycles. The van der Waals surface area contributed by atoms with Gasteiger partial charge in [-0.2, -0.15) is 5.10 Å². The fourth-order valence-electron chi connectivity index (χ4n) is 3.19. The summed E-state index contributed by atoms with van der Waals surface area (Å²) in [7, 11) is -3.42. The van der Waals surface area contributed by atoms with Crippen LogP contribution in [0.5, 0.6) is 0 Å². The van der Waals surface area contributed by atoms with Gasteiger partial charge in [0.05, 0.1) is 11.4 Å². The molecule has 130 valence electrons. The fraction of sp³-hybridized carbons (Fsp3) is 0.471. The van der Waals surface area contributed by atoms with Crippen molar-refractivity contribution in [3.05, 3.63) is 48.8 Å². The first kappa shape index (κ1) is 17.1. The van der Waals surface area contributed by atoms with Crippen molar-refractivity contribution in [2.45, 2.75) is 36.7 Å². The highest BCUT2D eigenvalue weighted by atomic mass is 32.2. The van der Waals surface area contributed by atoms with Crippen molar-refractivity contribution in [2.24, 2.45) is 0 Å². The number of nitrogens with zero attached hydrogens (tertiary/aromatic N) is 3. The summed E-state index contributed by atoms with van der Waals surface area (Å²) in [6, 6.07) is 10.9. The number of rotatable bonds is 7. The Kier molecular flexibility index (Phi) is 5.65. The topological polar surface area (TPSA) is 67.2 Å². The lowest BCUT2D eigenvalue weighted by Gasteiger charge is -2.35. The summed E-state index contributed by atoms with van der Waals surface area (Å²) < 4.78 is 29.2. The third-order valence-electron chi connectivity index (χ3n) is 4.45. The lowest BCUT2D eigenvalue weighted by Crippen LogP contribution is -2.45. The predicted molar refractivity (Wildman–Crippen MR) is 93.1 cm³/mol. The van der Waals surface area contributed by atoms with Gasteiger partial charge in [0.2, 0.25) is 10.0 Å². The molecule has 1 atom stereocenters. The van der Waals surface area contributed by atoms with E-state index >= 15 is 0 Å². The molecule has 0 spiro atoms. The summed E-state index contributed by atoms with van der Waals surface area (Å²) in [5.41, 5.74) is 0. The largest absolute Gasteiger partial charge is 0.297 e. The number of nitrogens with one attached hydrogen (secondary N) is 1. The molecule has 0 unspecified atom stereocenters. The SMILES string of the molecule is O=S(=O)(NCCN1CCCC[C@@H]1Cn1cccn1)c1ccccc1. The van der Waals surface area contributed by atoms with E-state index in [4.69, 9.17) is 0 Å². The Labute approximate surface area is 143 Å². The monoisotopic (exact) mass is 348 g/mol. The number of sulfonamides is 1. The Morgan fingerprint density at radius 3 is 2.75 bits per heavy atom. The van der Waals surface area contributed by atoms with Gasteiger partial charge in [-0.25, -0.2) is 13.1 Å². The molecule has 0 saturated carbocycles. The Bertz CT molecular complexity index is 716. The molecule has 1 aliphatic rings. The van der Waals surface area contributed by atoms with Gasteiger partial charge in [0.25, 0.3) is 0 Å². The molecular weight excluding hydrogens is 324 g/mol. The highest BCUT2D eigenvalue weighted by Crippen LogP contribution is 2.18. The van der Waals surface area contributed by atoms with Gasteiger partial charge in [0.1, 0.15) is 0 Å². The second-order valence-electron chi connectivity index (χ2n) is 6.12. The van der Waals surface area contributed by atoms with Gasteiger partial charge in [-0.1, -0.05) is 24.6 Å². The Balaban J connectivity index is 1.54. The quantitative estimate of drug-likeness (QED) is 0.827. The minimum Gasteiger partial charge on any atom is -0.297 e. The zero-order valence-electron chi connectivity index (χ0n) is 13.7. The van der Waals surface area contributed by atoms with Crippen LogP contribution in [0, 0.1) is 0 Å². The molecule has 0 aliphatic carbocycles. The lowest BCUT2D eigenvalue weighted by molar-refractivity contribution is 0.132. The van der Waals surface area contributed by atoms with E-state index in [1.54, 1.807) is 30.5 Å². The van der Waals surface area contributed by atoms with E-state index in [9.17, 15) is 8.42 Å². The van der Waals surface area contributed by atoms with Crippen LogP contribution in [-0.2, 0) is 16.6 Å². The van der Waals surface area contributed by atoms with Gasteiger partial charge in [0.15, 0.2) is 0 Å². The molecule has 7 heteroatoms. The zero-order valence-corrected chi connectivity index (χ0v) is 14.5. The normalized spacial score (nSPS) is 19.4. The van der Waals surface area contributed by atoms with E-state index in [0.717, 1.165) is 26.1 Å². The second kappa shape index (κ2) is 7.92. The van der Waals surface area contributed by atoms with E-state index in [-0.39, 0.29) is 0 Å². The van der Waals surface area contributed by atoms with Crippen LogP contribution in [-0.4, -0.2) is 48.8 Å². The van der Waals surface area contributed by atoms with Crippen molar-refractivity contribution in [2.75, 3.05) is 19.6 Å². The van der Waals surface area contributed by atoms with Crippen LogP contribution in [0.4, 0.5) is 0 Å². The first-order valence-electron chi connectivity index (χ1n) is 8.41. The van der Waals surface area contributed by atoms with Gasteiger partial charge >= 0.3 is 0 Å². The van der Waals surface area contributed by atoms with Crippen LogP contribution in [0.2, 0.25) is 0 Å². The van der Waals surface area contributed by atoms with Crippen molar-refractivity contribution in [1.82, 2.24) is 19.4 Å². The van der Waals surface area contributed by atoms with Gasteiger partial charge in [0, 0.05) is 31.5 Å². The van der Waals surface area contributed by atoms with Gasteiger partial charge in [-0.15, -0.1) is 0 Å². The van der Waals surface area contributed by atoms with Crippen LogP contribution < -0.4 is 4.72 Å². The third-order valence-corrected chi connectivity index (χ3v) is 5.93. The molecule has 1 N–H and O–H groups in total. The predicted octanol–water partition coefficient (Wildman–Crippen LogP) is 1.72. The molecule has 6 nitrogen and oxygen atoms in total. The molecule has 3 rings (SSSR count). The highest BCUT2D eigenvalue weighted by Gasteiger charge is 2.23. The average molecular weight is 348 g/mol. The summed E-state index contributed by atoms with van der Waals surface area (Å²) in [6.45, 7) is 3.02. The highest BCUT2D eigenvalue weighted by molar-refractivity contribution is 7.89. The average Bonchev–Trinajstić information content (AvgIpc) is 3.10. The van der Waals surface area contributed by atoms with Crippen molar-refractivity contribution in [1.29, 1.82) is 0 Å². The van der Waals surface area contributed by atoms with E-state index < -0.39 is 10.0 Å². The number of aromatic nitrogens is 2. The van der Waals surface area contributed by atoms with Gasteiger partial charge in [-0.05, 0) is 37.6 Å². The van der Waals surface area contributed by atoms with Crippen LogP contribution >= 0.6 is 0 Å². The minimum atomic E-state index is -3.42. The molecule has 0 amide bonds. The van der Waals surface area contributed by atoms with Gasteiger partial charge < -0.3 is 0 Å². The summed E-state index contributed by atoms with van der Waals surface area (Å²) in [4.78, 5) is 2.69. The van der Waals surface area contributed by atoms with Crippen LogP contribution in [0.1, 0.15) is 19.3 Å². The van der Waals surface area contributed by atoms with Crippen molar-refractivity contribution in [3.63, 3.8) is 0 Å². The van der Waals surface area contributed by atoms with Crippen molar-refractivity contribution < 1.29 is 8.42 Å². The maximum Gasteiger partial charge on any atom is 0.240 e. The molecule has 1 aliphatic heterocycles.